The number of rotatable bonds is 2. The number of aromatic nitrogens is 1. The van der Waals surface area contributed by atoms with Crippen LogP contribution in [0.5, 0.6) is 0 Å². The number of imide groups is 1. The Kier molecular flexibility index (Phi) is 2.01. The van der Waals surface area contributed by atoms with Crippen LogP contribution in [0.2, 0.25) is 0 Å². The summed E-state index contributed by atoms with van der Waals surface area (Å²) in [5, 5.41) is 0. The lowest BCUT2D eigenvalue weighted by atomic mass is 9.85. The molecule has 0 N–H and O–H groups in total. The third-order valence-corrected chi connectivity index (χ3v) is 6.01. The first-order valence-electron chi connectivity index (χ1n) is 7.65. The van der Waals surface area contributed by atoms with Gasteiger partial charge < -0.3 is 0 Å². The Bertz CT molecular complexity index is 643. The average molecular weight is 280 g/mol. The molecule has 0 unspecified atom stereocenters. The van der Waals surface area contributed by atoms with Crippen LogP contribution in [0.15, 0.2) is 36.7 Å². The van der Waals surface area contributed by atoms with Gasteiger partial charge in [0.25, 0.3) is 0 Å². The van der Waals surface area contributed by atoms with Crippen molar-refractivity contribution < 1.29 is 9.59 Å². The van der Waals surface area contributed by atoms with Gasteiger partial charge in [-0.25, -0.2) is 0 Å². The van der Waals surface area contributed by atoms with Gasteiger partial charge >= 0.3 is 0 Å². The molecule has 21 heavy (non-hydrogen) atoms. The summed E-state index contributed by atoms with van der Waals surface area (Å²) in [5.74, 6) is 0.512. The number of likely N-dealkylation sites (tertiary alicyclic amines) is 1. The van der Waals surface area contributed by atoms with E-state index < -0.39 is 0 Å². The van der Waals surface area contributed by atoms with Crippen molar-refractivity contribution in [2.45, 2.75) is 19.4 Å². The predicted molar refractivity (Wildman–Crippen MR) is 74.6 cm³/mol. The van der Waals surface area contributed by atoms with Gasteiger partial charge in [-0.05, 0) is 41.7 Å². The van der Waals surface area contributed by atoms with Crippen LogP contribution < -0.4 is 0 Å². The maximum absolute atomic E-state index is 12.8. The number of fused-ring (bicyclic) bond motifs is 3. The zero-order valence-corrected chi connectivity index (χ0v) is 11.6. The van der Waals surface area contributed by atoms with E-state index in [9.17, 15) is 9.59 Å². The number of allylic oxidation sites excluding steroid dienone is 2. The Balaban J connectivity index is 1.48. The van der Waals surface area contributed by atoms with Crippen molar-refractivity contribution in [3.63, 3.8) is 0 Å². The second-order valence-corrected chi connectivity index (χ2v) is 6.85. The van der Waals surface area contributed by atoms with Gasteiger partial charge in [0.2, 0.25) is 11.8 Å². The van der Waals surface area contributed by atoms with Crippen molar-refractivity contribution in [3.05, 3.63) is 42.2 Å². The van der Waals surface area contributed by atoms with Crippen molar-refractivity contribution >= 4 is 11.8 Å². The van der Waals surface area contributed by atoms with Gasteiger partial charge in [-0.2, -0.15) is 0 Å². The molecule has 4 aliphatic rings. The van der Waals surface area contributed by atoms with Gasteiger partial charge in [0.1, 0.15) is 0 Å². The van der Waals surface area contributed by atoms with Gasteiger partial charge in [-0.1, -0.05) is 18.2 Å². The molecule has 2 bridgehead atoms. The zero-order valence-electron chi connectivity index (χ0n) is 11.6. The lowest BCUT2D eigenvalue weighted by molar-refractivity contribution is -0.141. The van der Waals surface area contributed by atoms with Crippen LogP contribution in [0.25, 0.3) is 0 Å². The molecule has 2 saturated carbocycles. The van der Waals surface area contributed by atoms with Gasteiger partial charge in [0.05, 0.1) is 18.4 Å². The van der Waals surface area contributed by atoms with E-state index in [1.807, 2.05) is 12.1 Å². The molecule has 5 rings (SSSR count). The Morgan fingerprint density at radius 3 is 2.33 bits per heavy atom. The fourth-order valence-corrected chi connectivity index (χ4v) is 4.97. The lowest BCUT2D eigenvalue weighted by Crippen LogP contribution is -2.34. The fraction of sp³-hybridized carbons (Fsp3) is 0.471. The average Bonchev–Trinajstić information content (AvgIpc) is 3.11. The highest BCUT2D eigenvalue weighted by molar-refractivity contribution is 6.06. The first kappa shape index (κ1) is 11.7. The summed E-state index contributed by atoms with van der Waals surface area (Å²) in [5.41, 5.74) is 1.20. The van der Waals surface area contributed by atoms with Gasteiger partial charge in [0, 0.05) is 12.4 Å². The number of carbonyl (C=O) groups is 2. The number of nitrogens with zero attached hydrogens (tertiary/aromatic N) is 2. The number of pyridine rings is 1. The summed E-state index contributed by atoms with van der Waals surface area (Å²) in [6.45, 7) is 0.366. The van der Waals surface area contributed by atoms with Crippen molar-refractivity contribution in [2.24, 2.45) is 29.1 Å². The van der Waals surface area contributed by atoms with Gasteiger partial charge in [-0.3, -0.25) is 19.5 Å². The molecule has 1 aromatic heterocycles. The van der Waals surface area contributed by atoms with E-state index in [0.29, 0.717) is 18.4 Å². The SMILES string of the molecule is O=C1[C@@H]2[C@H](C(=O)N1Cc1cccnc1)[C@H]1C=C[C@H]2C12CC2. The van der Waals surface area contributed by atoms with Crippen LogP contribution in [0, 0.1) is 29.1 Å². The number of carbonyl (C=O) groups excluding carboxylic acids is 2. The maximum Gasteiger partial charge on any atom is 0.234 e. The molecule has 1 aliphatic heterocycles. The smallest absolute Gasteiger partial charge is 0.234 e. The first-order valence-corrected chi connectivity index (χ1v) is 7.65. The second kappa shape index (κ2) is 3.62. The van der Waals surface area contributed by atoms with E-state index >= 15 is 0 Å². The number of hydrogen-bond acceptors (Lipinski definition) is 3. The molecule has 0 radical (unpaired) electrons. The monoisotopic (exact) mass is 280 g/mol. The van der Waals surface area contributed by atoms with Crippen molar-refractivity contribution in [3.8, 4) is 0 Å². The summed E-state index contributed by atoms with van der Waals surface area (Å²) in [4.78, 5) is 31.0. The summed E-state index contributed by atoms with van der Waals surface area (Å²) in [7, 11) is 0. The molecule has 4 atom stereocenters. The topological polar surface area (TPSA) is 50.3 Å². The summed E-state index contributed by atoms with van der Waals surface area (Å²) in [6, 6.07) is 3.75. The molecule has 4 nitrogen and oxygen atoms in total. The van der Waals surface area contributed by atoms with Crippen LogP contribution in [-0.2, 0) is 16.1 Å². The standard InChI is InChI=1S/C17H16N2O2/c20-15-13-11-3-4-12(17(11)5-6-17)14(13)16(21)19(15)9-10-2-1-7-18-8-10/h1-4,7-8,11-14H,5-6,9H2/t11-,12-,13-,14+/m1/s1. The van der Waals surface area contributed by atoms with Crippen LogP contribution in [0.4, 0.5) is 0 Å². The largest absolute Gasteiger partial charge is 0.278 e. The van der Waals surface area contributed by atoms with E-state index in [2.05, 4.69) is 17.1 Å². The van der Waals surface area contributed by atoms with E-state index in [-0.39, 0.29) is 29.1 Å². The van der Waals surface area contributed by atoms with Crippen molar-refractivity contribution in [2.75, 3.05) is 0 Å². The third-order valence-electron chi connectivity index (χ3n) is 6.01. The fourth-order valence-electron chi connectivity index (χ4n) is 4.97. The molecular weight excluding hydrogens is 264 g/mol. The molecule has 3 fully saturated rings. The third kappa shape index (κ3) is 1.29. The quantitative estimate of drug-likeness (QED) is 0.613. The minimum absolute atomic E-state index is 0.0389. The van der Waals surface area contributed by atoms with E-state index in [1.165, 1.54) is 17.7 Å². The highest BCUT2D eigenvalue weighted by atomic mass is 16.2. The molecule has 1 aromatic rings. The molecule has 1 saturated heterocycles. The summed E-state index contributed by atoms with van der Waals surface area (Å²) in [6.07, 6.45) is 10.2. The normalized spacial score (nSPS) is 37.6. The van der Waals surface area contributed by atoms with Crippen molar-refractivity contribution in [1.29, 1.82) is 0 Å². The number of hydrogen-bond donors (Lipinski definition) is 0. The molecule has 1 spiro atoms. The van der Waals surface area contributed by atoms with Crippen LogP contribution in [-0.4, -0.2) is 21.7 Å². The Morgan fingerprint density at radius 2 is 1.81 bits per heavy atom. The zero-order chi connectivity index (χ0) is 14.2. The van der Waals surface area contributed by atoms with Crippen LogP contribution >= 0.6 is 0 Å². The Labute approximate surface area is 122 Å². The minimum Gasteiger partial charge on any atom is -0.278 e. The van der Waals surface area contributed by atoms with E-state index in [0.717, 1.165) is 5.56 Å². The highest BCUT2D eigenvalue weighted by Crippen LogP contribution is 2.73. The summed E-state index contributed by atoms with van der Waals surface area (Å²) >= 11 is 0. The molecule has 106 valence electrons. The molecule has 0 aromatic carbocycles. The Hall–Kier alpha value is -1.97. The summed E-state index contributed by atoms with van der Waals surface area (Å²) < 4.78 is 0. The number of amides is 2. The molecular formula is C17H16N2O2. The second-order valence-electron chi connectivity index (χ2n) is 6.85. The highest BCUT2D eigenvalue weighted by Gasteiger charge is 2.73. The molecule has 4 heteroatoms. The maximum atomic E-state index is 12.8. The van der Waals surface area contributed by atoms with E-state index in [1.54, 1.807) is 12.4 Å². The lowest BCUT2D eigenvalue weighted by Gasteiger charge is -2.21. The van der Waals surface area contributed by atoms with Crippen LogP contribution in [0.3, 0.4) is 0 Å². The van der Waals surface area contributed by atoms with Gasteiger partial charge in [0.15, 0.2) is 0 Å². The molecule has 2 heterocycles. The first-order chi connectivity index (χ1) is 10.2. The minimum atomic E-state index is -0.0910. The van der Waals surface area contributed by atoms with Crippen molar-refractivity contribution in [1.82, 2.24) is 9.88 Å². The van der Waals surface area contributed by atoms with Crippen LogP contribution in [0.1, 0.15) is 18.4 Å². The Morgan fingerprint density at radius 1 is 1.14 bits per heavy atom. The predicted octanol–water partition coefficient (Wildman–Crippen LogP) is 1.78. The van der Waals surface area contributed by atoms with E-state index in [4.69, 9.17) is 0 Å². The molecule has 2 amide bonds. The molecule has 3 aliphatic carbocycles. The van der Waals surface area contributed by atoms with Gasteiger partial charge in [-0.15, -0.1) is 0 Å².